The number of morpholine rings is 1. The van der Waals surface area contributed by atoms with E-state index in [2.05, 4.69) is 18.3 Å². The van der Waals surface area contributed by atoms with E-state index in [1.54, 1.807) is 21.3 Å². The Balaban J connectivity index is 1.74. The zero-order valence-electron chi connectivity index (χ0n) is 16.3. The minimum atomic E-state index is 0.0961. The van der Waals surface area contributed by atoms with Gasteiger partial charge in [-0.05, 0) is 42.3 Å². The van der Waals surface area contributed by atoms with E-state index in [0.717, 1.165) is 36.6 Å². The van der Waals surface area contributed by atoms with Gasteiger partial charge in [0.05, 0.1) is 34.0 Å². The van der Waals surface area contributed by atoms with E-state index >= 15 is 0 Å². The lowest BCUT2D eigenvalue weighted by Crippen LogP contribution is -2.33. The number of hydrogen-bond donors (Lipinski definition) is 1. The normalized spacial score (nSPS) is 16.7. The Bertz CT molecular complexity index is 771. The number of aryl methyl sites for hydroxylation is 1. The smallest absolute Gasteiger partial charge is 0.203 e. The molecule has 1 atom stereocenters. The first kappa shape index (κ1) is 19.3. The van der Waals surface area contributed by atoms with Gasteiger partial charge in [0.1, 0.15) is 12.4 Å². The van der Waals surface area contributed by atoms with Crippen LogP contribution in [0.1, 0.15) is 22.8 Å². The first-order chi connectivity index (χ1) is 13.2. The van der Waals surface area contributed by atoms with E-state index in [9.17, 15) is 0 Å². The maximum absolute atomic E-state index is 6.00. The number of hydrogen-bond acceptors (Lipinski definition) is 6. The van der Waals surface area contributed by atoms with E-state index in [0.29, 0.717) is 23.9 Å². The lowest BCUT2D eigenvalue weighted by Gasteiger charge is -2.25. The second-order valence-electron chi connectivity index (χ2n) is 6.36. The molecule has 1 aliphatic heterocycles. The Morgan fingerprint density at radius 2 is 1.85 bits per heavy atom. The van der Waals surface area contributed by atoms with E-state index in [4.69, 9.17) is 23.7 Å². The molecule has 2 aromatic carbocycles. The second kappa shape index (κ2) is 8.97. The minimum absolute atomic E-state index is 0.0961. The van der Waals surface area contributed by atoms with Crippen molar-refractivity contribution in [2.45, 2.75) is 19.6 Å². The molecule has 2 aromatic rings. The molecule has 27 heavy (non-hydrogen) atoms. The van der Waals surface area contributed by atoms with Crippen LogP contribution in [0.4, 0.5) is 0 Å². The third-order valence-electron chi connectivity index (χ3n) is 4.70. The van der Waals surface area contributed by atoms with Gasteiger partial charge in [0.2, 0.25) is 5.75 Å². The lowest BCUT2D eigenvalue weighted by molar-refractivity contribution is 0.0273. The van der Waals surface area contributed by atoms with Crippen LogP contribution >= 0.6 is 0 Å². The molecule has 0 aromatic heterocycles. The molecule has 0 amide bonds. The van der Waals surface area contributed by atoms with Gasteiger partial charge in [-0.25, -0.2) is 0 Å². The van der Waals surface area contributed by atoms with E-state index in [1.165, 1.54) is 5.56 Å². The lowest BCUT2D eigenvalue weighted by atomic mass is 10.0. The fourth-order valence-electron chi connectivity index (χ4n) is 3.30. The molecule has 3 rings (SSSR count). The summed E-state index contributed by atoms with van der Waals surface area (Å²) < 4.78 is 28.1. The van der Waals surface area contributed by atoms with Gasteiger partial charge in [-0.1, -0.05) is 6.07 Å². The molecule has 0 radical (unpaired) electrons. The van der Waals surface area contributed by atoms with Crippen molar-refractivity contribution in [1.82, 2.24) is 5.32 Å². The maximum Gasteiger partial charge on any atom is 0.203 e. The fraction of sp³-hybridized carbons (Fsp3) is 0.429. The Kier molecular flexibility index (Phi) is 6.42. The number of nitrogens with one attached hydrogen (secondary N) is 1. The van der Waals surface area contributed by atoms with Crippen molar-refractivity contribution < 1.29 is 23.7 Å². The second-order valence-corrected chi connectivity index (χ2v) is 6.36. The maximum atomic E-state index is 6.00. The summed E-state index contributed by atoms with van der Waals surface area (Å²) >= 11 is 0. The van der Waals surface area contributed by atoms with Gasteiger partial charge >= 0.3 is 0 Å². The Labute approximate surface area is 160 Å². The molecule has 0 spiro atoms. The zero-order valence-corrected chi connectivity index (χ0v) is 16.3. The predicted molar refractivity (Wildman–Crippen MR) is 103 cm³/mol. The standard InChI is InChI=1S/C21H27NO5/c1-14-11-16(6-7-17(14)19-12-22-9-10-26-19)27-13-15-5-8-18(23-2)21(25-4)20(15)24-3/h5-8,11,19,22H,9-10,12-13H2,1-4H3. The van der Waals surface area contributed by atoms with Crippen LogP contribution in [0, 0.1) is 6.92 Å². The third kappa shape index (κ3) is 4.28. The molecule has 146 valence electrons. The van der Waals surface area contributed by atoms with Crippen LogP contribution in [-0.2, 0) is 11.3 Å². The van der Waals surface area contributed by atoms with Gasteiger partial charge in [-0.3, -0.25) is 0 Å². The summed E-state index contributed by atoms with van der Waals surface area (Å²) in [6, 6.07) is 9.87. The number of rotatable bonds is 7. The molecular formula is C21H27NO5. The highest BCUT2D eigenvalue weighted by Gasteiger charge is 2.19. The highest BCUT2D eigenvalue weighted by atomic mass is 16.5. The van der Waals surface area contributed by atoms with Crippen molar-refractivity contribution in [3.8, 4) is 23.0 Å². The predicted octanol–water partition coefficient (Wildman–Crippen LogP) is 3.26. The highest BCUT2D eigenvalue weighted by Crippen LogP contribution is 2.40. The average Bonchev–Trinajstić information content (AvgIpc) is 2.72. The molecule has 1 fully saturated rings. The van der Waals surface area contributed by atoms with Gasteiger partial charge < -0.3 is 29.0 Å². The summed E-state index contributed by atoms with van der Waals surface area (Å²) in [7, 11) is 4.80. The Morgan fingerprint density at radius 1 is 1.04 bits per heavy atom. The molecule has 1 N–H and O–H groups in total. The van der Waals surface area contributed by atoms with Gasteiger partial charge in [0.25, 0.3) is 0 Å². The molecule has 1 aliphatic rings. The van der Waals surface area contributed by atoms with E-state index < -0.39 is 0 Å². The zero-order chi connectivity index (χ0) is 19.2. The minimum Gasteiger partial charge on any atom is -0.493 e. The van der Waals surface area contributed by atoms with Crippen LogP contribution in [0.5, 0.6) is 23.0 Å². The average molecular weight is 373 g/mol. The molecule has 1 unspecified atom stereocenters. The summed E-state index contributed by atoms with van der Waals surface area (Å²) in [5, 5.41) is 3.36. The van der Waals surface area contributed by atoms with Crippen molar-refractivity contribution in [2.75, 3.05) is 41.0 Å². The molecule has 6 nitrogen and oxygen atoms in total. The molecule has 1 saturated heterocycles. The van der Waals surface area contributed by atoms with Crippen LogP contribution < -0.4 is 24.3 Å². The van der Waals surface area contributed by atoms with Crippen molar-refractivity contribution in [3.05, 3.63) is 47.0 Å². The Hall–Kier alpha value is -2.44. The summed E-state index contributed by atoms with van der Waals surface area (Å²) in [5.74, 6) is 2.61. The topological polar surface area (TPSA) is 58.2 Å². The number of ether oxygens (including phenoxy) is 5. The van der Waals surface area contributed by atoms with Crippen molar-refractivity contribution in [3.63, 3.8) is 0 Å². The van der Waals surface area contributed by atoms with E-state index in [-0.39, 0.29) is 6.10 Å². The quantitative estimate of drug-likeness (QED) is 0.804. The largest absolute Gasteiger partial charge is 0.493 e. The van der Waals surface area contributed by atoms with Gasteiger partial charge in [-0.15, -0.1) is 0 Å². The third-order valence-corrected chi connectivity index (χ3v) is 4.70. The molecular weight excluding hydrogens is 346 g/mol. The molecule has 0 bridgehead atoms. The molecule has 1 heterocycles. The molecule has 0 saturated carbocycles. The summed E-state index contributed by atoms with van der Waals surface area (Å²) in [6.07, 6.45) is 0.0961. The van der Waals surface area contributed by atoms with Gasteiger partial charge in [-0.2, -0.15) is 0 Å². The number of benzene rings is 2. The Morgan fingerprint density at radius 3 is 2.48 bits per heavy atom. The van der Waals surface area contributed by atoms with Crippen LogP contribution in [0.25, 0.3) is 0 Å². The van der Waals surface area contributed by atoms with Crippen molar-refractivity contribution in [2.24, 2.45) is 0 Å². The van der Waals surface area contributed by atoms with Gasteiger partial charge in [0, 0.05) is 18.7 Å². The SMILES string of the molecule is COc1ccc(COc2ccc(C3CNCCO3)c(C)c2)c(OC)c1OC. The van der Waals surface area contributed by atoms with Crippen LogP contribution in [0.3, 0.4) is 0 Å². The van der Waals surface area contributed by atoms with Gasteiger partial charge in [0.15, 0.2) is 11.5 Å². The van der Waals surface area contributed by atoms with E-state index in [1.807, 2.05) is 24.3 Å². The van der Waals surface area contributed by atoms with Crippen molar-refractivity contribution in [1.29, 1.82) is 0 Å². The first-order valence-electron chi connectivity index (χ1n) is 9.01. The summed E-state index contributed by atoms with van der Waals surface area (Å²) in [4.78, 5) is 0. The van der Waals surface area contributed by atoms with Crippen LogP contribution in [0.2, 0.25) is 0 Å². The fourth-order valence-corrected chi connectivity index (χ4v) is 3.30. The van der Waals surface area contributed by atoms with Crippen LogP contribution in [-0.4, -0.2) is 41.0 Å². The molecule has 0 aliphatic carbocycles. The summed E-state index contributed by atoms with van der Waals surface area (Å²) in [5.41, 5.74) is 3.23. The highest BCUT2D eigenvalue weighted by molar-refractivity contribution is 5.55. The summed E-state index contributed by atoms with van der Waals surface area (Å²) in [6.45, 7) is 4.93. The number of methoxy groups -OCH3 is 3. The molecule has 6 heteroatoms. The van der Waals surface area contributed by atoms with Crippen LogP contribution in [0.15, 0.2) is 30.3 Å². The first-order valence-corrected chi connectivity index (χ1v) is 9.01. The monoisotopic (exact) mass is 373 g/mol. The van der Waals surface area contributed by atoms with Crippen molar-refractivity contribution >= 4 is 0 Å².